The van der Waals surface area contributed by atoms with Crippen LogP contribution in [0.25, 0.3) is 0 Å². The minimum atomic E-state index is -0.117. The summed E-state index contributed by atoms with van der Waals surface area (Å²) < 4.78 is 6.64. The van der Waals surface area contributed by atoms with Crippen LogP contribution in [0.1, 0.15) is 18.0 Å². The van der Waals surface area contributed by atoms with Gasteiger partial charge in [-0.1, -0.05) is 11.6 Å². The number of nitrogens with two attached hydrogens (primary N) is 1. The van der Waals surface area contributed by atoms with E-state index in [9.17, 15) is 0 Å². The molecule has 1 atom stereocenters. The molecular weight excluding hydrogens is 338 g/mol. The largest absolute Gasteiger partial charge is 0.496 e. The number of rotatable bonds is 3. The Morgan fingerprint density at radius 3 is 2.94 bits per heavy atom. The minimum absolute atomic E-state index is 0.117. The number of hydrogen-bond donors (Lipinski definition) is 2. The zero-order valence-electron chi connectivity index (χ0n) is 8.54. The molecule has 16 heavy (non-hydrogen) atoms. The summed E-state index contributed by atoms with van der Waals surface area (Å²) in [4.78, 5) is 0. The average molecular weight is 351 g/mol. The van der Waals surface area contributed by atoms with Gasteiger partial charge in [-0.3, -0.25) is 5.84 Å². The number of ether oxygens (including phenoxy) is 1. The Morgan fingerprint density at radius 2 is 2.31 bits per heavy atom. The topological polar surface area (TPSA) is 47.3 Å². The minimum Gasteiger partial charge on any atom is -0.496 e. The number of hydrogen-bond acceptors (Lipinski definition) is 3. The van der Waals surface area contributed by atoms with Crippen LogP contribution in [0, 0.1) is 3.57 Å². The van der Waals surface area contributed by atoms with Crippen molar-refractivity contribution in [3.63, 3.8) is 0 Å². The molecule has 2 rings (SSSR count). The fourth-order valence-electron chi connectivity index (χ4n) is 1.70. The number of hydrazine groups is 1. The summed E-state index contributed by atoms with van der Waals surface area (Å²) in [5.41, 5.74) is 3.82. The maximum atomic E-state index is 5.99. The van der Waals surface area contributed by atoms with Gasteiger partial charge in [0.15, 0.2) is 0 Å². The van der Waals surface area contributed by atoms with Gasteiger partial charge in [-0.15, -0.1) is 0 Å². The summed E-state index contributed by atoms with van der Waals surface area (Å²) in [6.07, 6.45) is 2.99. The van der Waals surface area contributed by atoms with Gasteiger partial charge in [-0.25, -0.2) is 5.43 Å². The molecule has 0 spiro atoms. The standard InChI is InChI=1S/C11H12ClIN2O/c12-7-3-4-9(13)8(6-7)11(15-14)10-2-1-5-16-10/h2-4,6,11,15H,1,5,14H2. The second-order valence-corrected chi connectivity index (χ2v) is 5.11. The third-order valence-electron chi connectivity index (χ3n) is 2.45. The highest BCUT2D eigenvalue weighted by Crippen LogP contribution is 2.30. The SMILES string of the molecule is NNC(C1=CCCO1)c1cc(Cl)ccc1I. The average Bonchev–Trinajstić information content (AvgIpc) is 2.78. The van der Waals surface area contributed by atoms with Gasteiger partial charge < -0.3 is 4.74 Å². The van der Waals surface area contributed by atoms with E-state index in [0.29, 0.717) is 5.02 Å². The zero-order valence-corrected chi connectivity index (χ0v) is 11.5. The van der Waals surface area contributed by atoms with E-state index in [1.165, 1.54) is 0 Å². The van der Waals surface area contributed by atoms with Crippen molar-refractivity contribution in [1.29, 1.82) is 0 Å². The number of benzene rings is 1. The van der Waals surface area contributed by atoms with Crippen LogP contribution < -0.4 is 11.3 Å². The Morgan fingerprint density at radius 1 is 1.50 bits per heavy atom. The van der Waals surface area contributed by atoms with Crippen LogP contribution >= 0.6 is 34.2 Å². The van der Waals surface area contributed by atoms with Crippen molar-refractivity contribution in [2.45, 2.75) is 12.5 Å². The predicted molar refractivity (Wildman–Crippen MR) is 72.9 cm³/mol. The third-order valence-corrected chi connectivity index (χ3v) is 3.67. The number of nitrogens with one attached hydrogen (secondary N) is 1. The van der Waals surface area contributed by atoms with Gasteiger partial charge >= 0.3 is 0 Å². The van der Waals surface area contributed by atoms with Gasteiger partial charge in [0.25, 0.3) is 0 Å². The first kappa shape index (κ1) is 12.2. The van der Waals surface area contributed by atoms with E-state index in [1.54, 1.807) is 0 Å². The van der Waals surface area contributed by atoms with E-state index in [2.05, 4.69) is 34.1 Å². The first-order valence-electron chi connectivity index (χ1n) is 4.96. The Hall–Kier alpha value is -0.300. The molecule has 3 nitrogen and oxygen atoms in total. The fourth-order valence-corrected chi connectivity index (χ4v) is 2.53. The first-order valence-corrected chi connectivity index (χ1v) is 6.42. The Bertz CT molecular complexity index is 422. The lowest BCUT2D eigenvalue weighted by Gasteiger charge is -2.19. The molecule has 0 saturated heterocycles. The molecule has 0 radical (unpaired) electrons. The summed E-state index contributed by atoms with van der Waals surface area (Å²) in [5, 5.41) is 0.703. The summed E-state index contributed by atoms with van der Waals surface area (Å²) in [6, 6.07) is 5.63. The van der Waals surface area contributed by atoms with Crippen LogP contribution in [-0.2, 0) is 4.74 Å². The highest BCUT2D eigenvalue weighted by molar-refractivity contribution is 14.1. The maximum absolute atomic E-state index is 5.99. The Balaban J connectivity index is 2.35. The monoisotopic (exact) mass is 350 g/mol. The molecule has 0 saturated carbocycles. The van der Waals surface area contributed by atoms with Gasteiger partial charge in [0, 0.05) is 15.0 Å². The van der Waals surface area contributed by atoms with Gasteiger partial charge in [-0.2, -0.15) is 0 Å². The molecule has 1 aliphatic heterocycles. The van der Waals surface area contributed by atoms with Crippen molar-refractivity contribution in [1.82, 2.24) is 5.43 Å². The second-order valence-electron chi connectivity index (χ2n) is 3.51. The zero-order chi connectivity index (χ0) is 11.5. The molecule has 3 N–H and O–H groups in total. The molecule has 0 amide bonds. The van der Waals surface area contributed by atoms with Crippen molar-refractivity contribution in [2.75, 3.05) is 6.61 Å². The molecule has 1 aliphatic rings. The van der Waals surface area contributed by atoms with Crippen molar-refractivity contribution in [2.24, 2.45) is 5.84 Å². The molecule has 1 heterocycles. The molecular formula is C11H12ClIN2O. The van der Waals surface area contributed by atoms with Gasteiger partial charge in [0.1, 0.15) is 11.8 Å². The molecule has 1 unspecified atom stereocenters. The summed E-state index contributed by atoms with van der Waals surface area (Å²) in [7, 11) is 0. The van der Waals surface area contributed by atoms with Crippen molar-refractivity contribution in [3.05, 3.63) is 44.2 Å². The molecule has 0 aromatic heterocycles. The quantitative estimate of drug-likeness (QED) is 0.501. The smallest absolute Gasteiger partial charge is 0.115 e. The van der Waals surface area contributed by atoms with Crippen molar-refractivity contribution >= 4 is 34.2 Å². The Kier molecular flexibility index (Phi) is 4.07. The second kappa shape index (κ2) is 5.35. The van der Waals surface area contributed by atoms with Crippen LogP contribution in [0.4, 0.5) is 0 Å². The first-order chi connectivity index (χ1) is 7.72. The lowest BCUT2D eigenvalue weighted by molar-refractivity contribution is 0.215. The lowest BCUT2D eigenvalue weighted by atomic mass is 10.1. The third kappa shape index (κ3) is 2.51. The van der Waals surface area contributed by atoms with Crippen LogP contribution in [0.5, 0.6) is 0 Å². The summed E-state index contributed by atoms with van der Waals surface area (Å²) >= 11 is 8.26. The van der Waals surface area contributed by atoms with Gasteiger partial charge in [0.2, 0.25) is 0 Å². The van der Waals surface area contributed by atoms with Crippen molar-refractivity contribution < 1.29 is 4.74 Å². The summed E-state index contributed by atoms with van der Waals surface area (Å²) in [6.45, 7) is 0.727. The van der Waals surface area contributed by atoms with Crippen LogP contribution in [-0.4, -0.2) is 6.61 Å². The van der Waals surface area contributed by atoms with E-state index in [4.69, 9.17) is 22.2 Å². The highest BCUT2D eigenvalue weighted by atomic mass is 127. The Labute approximate surface area is 113 Å². The van der Waals surface area contributed by atoms with Crippen molar-refractivity contribution in [3.8, 4) is 0 Å². The summed E-state index contributed by atoms with van der Waals surface area (Å²) in [5.74, 6) is 6.46. The van der Waals surface area contributed by atoms with E-state index < -0.39 is 0 Å². The molecule has 1 aromatic rings. The van der Waals surface area contributed by atoms with E-state index >= 15 is 0 Å². The van der Waals surface area contributed by atoms with E-state index in [1.807, 2.05) is 18.2 Å². The van der Waals surface area contributed by atoms with Crippen LogP contribution in [0.2, 0.25) is 5.02 Å². The number of halogens is 2. The van der Waals surface area contributed by atoms with E-state index in [-0.39, 0.29) is 6.04 Å². The van der Waals surface area contributed by atoms with Crippen LogP contribution in [0.15, 0.2) is 30.0 Å². The molecule has 86 valence electrons. The molecule has 0 bridgehead atoms. The molecule has 1 aromatic carbocycles. The van der Waals surface area contributed by atoms with Crippen LogP contribution in [0.3, 0.4) is 0 Å². The molecule has 0 aliphatic carbocycles. The highest BCUT2D eigenvalue weighted by Gasteiger charge is 2.21. The maximum Gasteiger partial charge on any atom is 0.115 e. The normalized spacial score (nSPS) is 16.8. The molecule has 5 heteroatoms. The fraction of sp³-hybridized carbons (Fsp3) is 0.273. The molecule has 0 fully saturated rings. The van der Waals surface area contributed by atoms with Gasteiger partial charge in [0.05, 0.1) is 6.61 Å². The van der Waals surface area contributed by atoms with E-state index in [0.717, 1.165) is 27.9 Å². The van der Waals surface area contributed by atoms with Gasteiger partial charge in [-0.05, 0) is 52.4 Å². The lowest BCUT2D eigenvalue weighted by Crippen LogP contribution is -2.30. The predicted octanol–water partition coefficient (Wildman–Crippen LogP) is 2.75.